The molecule has 2 heterocycles. The van der Waals surface area contributed by atoms with Gasteiger partial charge in [-0.05, 0) is 46.5 Å². The quantitative estimate of drug-likeness (QED) is 0.430. The summed E-state index contributed by atoms with van der Waals surface area (Å²) in [6, 6.07) is 7.12. The van der Waals surface area contributed by atoms with E-state index < -0.39 is 5.60 Å². The number of benzene rings is 1. The van der Waals surface area contributed by atoms with Crippen molar-refractivity contribution in [3.05, 3.63) is 24.3 Å². The van der Waals surface area contributed by atoms with E-state index in [9.17, 15) is 0 Å². The van der Waals surface area contributed by atoms with Crippen LogP contribution in [0.15, 0.2) is 39.2 Å². The zero-order valence-electron chi connectivity index (χ0n) is 21.4. The molecule has 0 fully saturated rings. The second-order valence-electron chi connectivity index (χ2n) is 8.71. The molecule has 0 saturated heterocycles. The fourth-order valence-electron chi connectivity index (χ4n) is 3.27. The molecule has 2 aromatic rings. The van der Waals surface area contributed by atoms with Crippen molar-refractivity contribution in [1.82, 2.24) is 4.98 Å². The number of aliphatic imine (C=N–C) groups is 3. The lowest BCUT2D eigenvalue weighted by molar-refractivity contribution is 0.0400. The monoisotopic (exact) mass is 483 g/mol. The number of hydrogen-bond acceptors (Lipinski definition) is 7. The second-order valence-corrected chi connectivity index (χ2v) is 8.71. The molecular formula is C24H33N7O4. The van der Waals surface area contributed by atoms with Crippen LogP contribution in [0.25, 0.3) is 0 Å². The van der Waals surface area contributed by atoms with Gasteiger partial charge in [-0.25, -0.2) is 9.98 Å². The molecule has 0 atom stereocenters. The molecule has 3 N–H and O–H groups in total. The van der Waals surface area contributed by atoms with Gasteiger partial charge in [-0.3, -0.25) is 4.99 Å². The Morgan fingerprint density at radius 2 is 1.66 bits per heavy atom. The number of anilines is 3. The highest BCUT2D eigenvalue weighted by Gasteiger charge is 2.43. The number of aromatic nitrogens is 1. The molecule has 3 rings (SSSR count). The van der Waals surface area contributed by atoms with Crippen LogP contribution >= 0.6 is 0 Å². The molecule has 0 radical (unpaired) electrons. The van der Waals surface area contributed by atoms with Crippen molar-refractivity contribution in [2.24, 2.45) is 15.0 Å². The third-order valence-corrected chi connectivity index (χ3v) is 5.89. The van der Waals surface area contributed by atoms with E-state index in [0.717, 1.165) is 0 Å². The summed E-state index contributed by atoms with van der Waals surface area (Å²) in [6.45, 7) is 11.8. The number of fused-ring (bicyclic) bond motifs is 1. The van der Waals surface area contributed by atoms with Gasteiger partial charge in [0, 0.05) is 24.9 Å². The van der Waals surface area contributed by atoms with Crippen molar-refractivity contribution in [3.63, 3.8) is 0 Å². The first-order valence-corrected chi connectivity index (χ1v) is 10.9. The summed E-state index contributed by atoms with van der Waals surface area (Å²) in [7, 11) is 6.24. The number of methoxy groups -OCH3 is 3. The minimum absolute atomic E-state index is 0.203. The van der Waals surface area contributed by atoms with Gasteiger partial charge in [0.2, 0.25) is 17.7 Å². The Morgan fingerprint density at radius 1 is 1.00 bits per heavy atom. The SMILES string of the molecule is C=NC(=NC(=NC)Nc1ccc2c(n1)NC(C)(C)C(C)(C)O2)Nc1cc(OC)c(OC)c(OC)c1. The van der Waals surface area contributed by atoms with Crippen molar-refractivity contribution in [3.8, 4) is 23.0 Å². The van der Waals surface area contributed by atoms with Crippen LogP contribution in [-0.4, -0.2) is 63.1 Å². The summed E-state index contributed by atoms with van der Waals surface area (Å²) < 4.78 is 22.3. The zero-order chi connectivity index (χ0) is 25.8. The average molecular weight is 484 g/mol. The fraction of sp³-hybridized carbons (Fsp3) is 0.417. The predicted octanol–water partition coefficient (Wildman–Crippen LogP) is 4.04. The fourth-order valence-corrected chi connectivity index (χ4v) is 3.27. The molecule has 1 aromatic carbocycles. The van der Waals surface area contributed by atoms with Gasteiger partial charge in [0.1, 0.15) is 11.4 Å². The third-order valence-electron chi connectivity index (χ3n) is 5.89. The van der Waals surface area contributed by atoms with Crippen molar-refractivity contribution in [2.45, 2.75) is 38.8 Å². The molecule has 1 aromatic heterocycles. The van der Waals surface area contributed by atoms with Gasteiger partial charge >= 0.3 is 0 Å². The Kier molecular flexibility index (Phi) is 7.37. The summed E-state index contributed by atoms with van der Waals surface area (Å²) in [5, 5.41) is 9.63. The minimum atomic E-state index is -0.403. The van der Waals surface area contributed by atoms with Crippen LogP contribution < -0.4 is 34.9 Å². The van der Waals surface area contributed by atoms with E-state index >= 15 is 0 Å². The number of nitrogens with zero attached hydrogens (tertiary/aromatic N) is 4. The van der Waals surface area contributed by atoms with Crippen molar-refractivity contribution in [1.29, 1.82) is 0 Å². The van der Waals surface area contributed by atoms with Gasteiger partial charge in [0.15, 0.2) is 23.1 Å². The maximum absolute atomic E-state index is 6.15. The van der Waals surface area contributed by atoms with Gasteiger partial charge in [-0.15, -0.1) is 0 Å². The van der Waals surface area contributed by atoms with Crippen LogP contribution in [0.4, 0.5) is 17.3 Å². The normalized spacial score (nSPS) is 16.2. The van der Waals surface area contributed by atoms with Crippen molar-refractivity contribution in [2.75, 3.05) is 44.3 Å². The largest absolute Gasteiger partial charge is 0.493 e. The Balaban J connectivity index is 1.83. The lowest BCUT2D eigenvalue weighted by Crippen LogP contribution is -2.57. The van der Waals surface area contributed by atoms with E-state index in [-0.39, 0.29) is 17.5 Å². The lowest BCUT2D eigenvalue weighted by Gasteiger charge is -2.46. The van der Waals surface area contributed by atoms with Crippen molar-refractivity contribution < 1.29 is 18.9 Å². The standard InChI is InChI=1S/C24H33N7O4/c1-23(2)24(3,4)35-15-10-11-18(28-20(15)31-23)29-22(26-6)30-21(25-5)27-14-12-16(32-7)19(34-9)17(13-14)33-8/h10-13H,5H2,1-4,6-9H3,(H3,26,27,28,29,30,31). The first kappa shape index (κ1) is 25.6. The van der Waals surface area contributed by atoms with Gasteiger partial charge < -0.3 is 34.9 Å². The maximum atomic E-state index is 6.15. The van der Waals surface area contributed by atoms with Crippen LogP contribution in [0.1, 0.15) is 27.7 Å². The number of rotatable bonds is 5. The van der Waals surface area contributed by atoms with Crippen molar-refractivity contribution >= 4 is 36.0 Å². The first-order valence-electron chi connectivity index (χ1n) is 10.9. The molecule has 35 heavy (non-hydrogen) atoms. The van der Waals surface area contributed by atoms with Gasteiger partial charge in [-0.2, -0.15) is 4.99 Å². The number of guanidine groups is 2. The summed E-state index contributed by atoms with van der Waals surface area (Å²) in [4.78, 5) is 17.2. The highest BCUT2D eigenvalue weighted by atomic mass is 16.5. The number of hydrogen-bond donors (Lipinski definition) is 3. The Bertz CT molecular complexity index is 1130. The molecule has 0 bridgehead atoms. The molecule has 0 unspecified atom stereocenters. The smallest absolute Gasteiger partial charge is 0.229 e. The molecule has 188 valence electrons. The molecule has 11 nitrogen and oxygen atoms in total. The Hall–Kier alpha value is -4.02. The molecule has 0 spiro atoms. The van der Waals surface area contributed by atoms with E-state index in [2.05, 4.69) is 56.5 Å². The summed E-state index contributed by atoms with van der Waals surface area (Å²) >= 11 is 0. The van der Waals surface area contributed by atoms with E-state index in [1.807, 2.05) is 19.9 Å². The third kappa shape index (κ3) is 5.39. The second kappa shape index (κ2) is 10.1. The average Bonchev–Trinajstić information content (AvgIpc) is 2.82. The number of nitrogens with one attached hydrogen (secondary N) is 3. The minimum Gasteiger partial charge on any atom is -0.493 e. The van der Waals surface area contributed by atoms with E-state index in [0.29, 0.717) is 40.3 Å². The van der Waals surface area contributed by atoms with Gasteiger partial charge in [-0.1, -0.05) is 0 Å². The van der Waals surface area contributed by atoms with E-state index in [4.69, 9.17) is 18.9 Å². The van der Waals surface area contributed by atoms with E-state index in [1.54, 1.807) is 46.6 Å². The Labute approximate surface area is 205 Å². The van der Waals surface area contributed by atoms with Crippen LogP contribution in [0.3, 0.4) is 0 Å². The van der Waals surface area contributed by atoms with E-state index in [1.165, 1.54) is 0 Å². The summed E-state index contributed by atoms with van der Waals surface area (Å²) in [6.07, 6.45) is 0. The predicted molar refractivity (Wildman–Crippen MR) is 140 cm³/mol. The highest BCUT2D eigenvalue weighted by Crippen LogP contribution is 2.41. The first-order chi connectivity index (χ1) is 16.6. The Morgan fingerprint density at radius 3 is 2.20 bits per heavy atom. The lowest BCUT2D eigenvalue weighted by atomic mass is 9.84. The molecule has 1 aliphatic heterocycles. The molecule has 0 saturated carbocycles. The molecule has 1 aliphatic rings. The summed E-state index contributed by atoms with van der Waals surface area (Å²) in [5.74, 6) is 3.78. The number of ether oxygens (including phenoxy) is 4. The van der Waals surface area contributed by atoms with Crippen LogP contribution in [-0.2, 0) is 0 Å². The van der Waals surface area contributed by atoms with Crippen LogP contribution in [0.5, 0.6) is 23.0 Å². The molecule has 0 aliphatic carbocycles. The topological polar surface area (TPSA) is 123 Å². The van der Waals surface area contributed by atoms with Crippen LogP contribution in [0, 0.1) is 0 Å². The molecule has 0 amide bonds. The van der Waals surface area contributed by atoms with Gasteiger partial charge in [0.25, 0.3) is 0 Å². The summed E-state index contributed by atoms with van der Waals surface area (Å²) in [5.41, 5.74) is -0.116. The number of pyridine rings is 1. The zero-order valence-corrected chi connectivity index (χ0v) is 21.4. The molecule has 11 heteroatoms. The highest BCUT2D eigenvalue weighted by molar-refractivity contribution is 6.07. The van der Waals surface area contributed by atoms with Crippen LogP contribution in [0.2, 0.25) is 0 Å². The molecular weight excluding hydrogens is 450 g/mol. The maximum Gasteiger partial charge on any atom is 0.229 e. The van der Waals surface area contributed by atoms with Gasteiger partial charge in [0.05, 0.1) is 26.9 Å².